The van der Waals surface area contributed by atoms with Gasteiger partial charge in [-0.2, -0.15) is 0 Å². The molecule has 16 heavy (non-hydrogen) atoms. The van der Waals surface area contributed by atoms with Crippen molar-refractivity contribution in [3.05, 3.63) is 41.0 Å². The molecular weight excluding hydrogens is 196 g/mol. The van der Waals surface area contributed by atoms with Crippen molar-refractivity contribution < 1.29 is 5.11 Å². The third kappa shape index (κ3) is 1.46. The maximum atomic E-state index is 9.88. The molecule has 0 aliphatic heterocycles. The summed E-state index contributed by atoms with van der Waals surface area (Å²) in [6.07, 6.45) is 4.99. The SMILES string of the molecule is CC1CCC2=C1CC(c1ccccc1O)C2. The Bertz CT molecular complexity index is 445. The highest BCUT2D eigenvalue weighted by Crippen LogP contribution is 2.49. The minimum atomic E-state index is 0.473. The van der Waals surface area contributed by atoms with Crippen LogP contribution in [-0.2, 0) is 0 Å². The molecule has 0 spiro atoms. The van der Waals surface area contributed by atoms with Crippen molar-refractivity contribution >= 4 is 0 Å². The van der Waals surface area contributed by atoms with E-state index >= 15 is 0 Å². The smallest absolute Gasteiger partial charge is 0.119 e. The first-order valence-corrected chi connectivity index (χ1v) is 6.24. The van der Waals surface area contributed by atoms with Crippen LogP contribution in [0.25, 0.3) is 0 Å². The van der Waals surface area contributed by atoms with Crippen LogP contribution in [0.1, 0.15) is 44.1 Å². The lowest BCUT2D eigenvalue weighted by Gasteiger charge is -2.15. The van der Waals surface area contributed by atoms with E-state index < -0.39 is 0 Å². The number of aromatic hydroxyl groups is 1. The fourth-order valence-electron chi connectivity index (χ4n) is 3.34. The highest BCUT2D eigenvalue weighted by atomic mass is 16.3. The summed E-state index contributed by atoms with van der Waals surface area (Å²) in [7, 11) is 0. The summed E-state index contributed by atoms with van der Waals surface area (Å²) < 4.78 is 0. The highest BCUT2D eigenvalue weighted by molar-refractivity contribution is 5.41. The molecule has 1 N–H and O–H groups in total. The number of phenols is 1. The predicted octanol–water partition coefficient (Wildman–Crippen LogP) is 4.00. The summed E-state index contributed by atoms with van der Waals surface area (Å²) in [5.74, 6) is 1.79. The standard InChI is InChI=1S/C15H18O/c1-10-6-7-11-8-12(9-14(10)11)13-4-2-3-5-15(13)16/h2-5,10,12,16H,6-9H2,1H3. The second-order valence-electron chi connectivity index (χ2n) is 5.23. The van der Waals surface area contributed by atoms with Gasteiger partial charge in [-0.15, -0.1) is 0 Å². The molecule has 2 atom stereocenters. The number of para-hydroxylation sites is 1. The normalized spacial score (nSPS) is 28.6. The van der Waals surface area contributed by atoms with Crippen LogP contribution in [0.4, 0.5) is 0 Å². The molecule has 0 saturated heterocycles. The van der Waals surface area contributed by atoms with Crippen LogP contribution in [0.5, 0.6) is 5.75 Å². The molecular formula is C15H18O. The van der Waals surface area contributed by atoms with Gasteiger partial charge in [0.2, 0.25) is 0 Å². The van der Waals surface area contributed by atoms with Crippen LogP contribution in [0, 0.1) is 5.92 Å². The number of allylic oxidation sites excluding steroid dienone is 2. The molecule has 2 aliphatic rings. The Morgan fingerprint density at radius 2 is 2.00 bits per heavy atom. The lowest BCUT2D eigenvalue weighted by Crippen LogP contribution is -1.99. The molecule has 0 amide bonds. The average molecular weight is 214 g/mol. The maximum absolute atomic E-state index is 9.88. The average Bonchev–Trinajstić information content (AvgIpc) is 2.82. The molecule has 1 nitrogen and oxygen atoms in total. The number of benzene rings is 1. The van der Waals surface area contributed by atoms with Gasteiger partial charge in [0.05, 0.1) is 0 Å². The molecule has 0 heterocycles. The molecule has 1 aromatic rings. The molecule has 0 bridgehead atoms. The van der Waals surface area contributed by atoms with E-state index in [1.165, 1.54) is 25.7 Å². The number of hydrogen-bond acceptors (Lipinski definition) is 1. The third-order valence-electron chi connectivity index (χ3n) is 4.26. The molecule has 0 fully saturated rings. The van der Waals surface area contributed by atoms with Gasteiger partial charge in [0.1, 0.15) is 5.75 Å². The van der Waals surface area contributed by atoms with E-state index in [1.54, 1.807) is 11.1 Å². The Morgan fingerprint density at radius 3 is 2.75 bits per heavy atom. The molecule has 0 radical (unpaired) electrons. The van der Waals surface area contributed by atoms with E-state index in [9.17, 15) is 5.11 Å². The monoisotopic (exact) mass is 214 g/mol. The second-order valence-corrected chi connectivity index (χ2v) is 5.23. The van der Waals surface area contributed by atoms with Gasteiger partial charge < -0.3 is 5.11 Å². The quantitative estimate of drug-likeness (QED) is 0.701. The van der Waals surface area contributed by atoms with Gasteiger partial charge in [-0.1, -0.05) is 36.3 Å². The fourth-order valence-corrected chi connectivity index (χ4v) is 3.34. The Hall–Kier alpha value is -1.24. The summed E-state index contributed by atoms with van der Waals surface area (Å²) in [6, 6.07) is 7.81. The van der Waals surface area contributed by atoms with Crippen molar-refractivity contribution in [1.82, 2.24) is 0 Å². The van der Waals surface area contributed by atoms with E-state index in [4.69, 9.17) is 0 Å². The molecule has 2 aliphatic carbocycles. The van der Waals surface area contributed by atoms with Crippen molar-refractivity contribution in [3.8, 4) is 5.75 Å². The number of rotatable bonds is 1. The largest absolute Gasteiger partial charge is 0.508 e. The van der Waals surface area contributed by atoms with Crippen molar-refractivity contribution in [2.75, 3.05) is 0 Å². The summed E-state index contributed by atoms with van der Waals surface area (Å²) in [4.78, 5) is 0. The molecule has 84 valence electrons. The molecule has 0 aromatic heterocycles. The van der Waals surface area contributed by atoms with E-state index in [0.717, 1.165) is 11.5 Å². The minimum absolute atomic E-state index is 0.473. The van der Waals surface area contributed by atoms with Crippen LogP contribution in [0.3, 0.4) is 0 Å². The van der Waals surface area contributed by atoms with E-state index in [1.807, 2.05) is 18.2 Å². The van der Waals surface area contributed by atoms with E-state index in [2.05, 4.69) is 13.0 Å². The van der Waals surface area contributed by atoms with E-state index in [-0.39, 0.29) is 0 Å². The molecule has 2 unspecified atom stereocenters. The molecule has 0 saturated carbocycles. The van der Waals surface area contributed by atoms with Crippen molar-refractivity contribution in [1.29, 1.82) is 0 Å². The van der Waals surface area contributed by atoms with Gasteiger partial charge >= 0.3 is 0 Å². The first kappa shape index (κ1) is 9.95. The summed E-state index contributed by atoms with van der Waals surface area (Å²) in [5, 5.41) is 9.88. The van der Waals surface area contributed by atoms with Gasteiger partial charge in [0, 0.05) is 0 Å². The van der Waals surface area contributed by atoms with Gasteiger partial charge in [0.25, 0.3) is 0 Å². The maximum Gasteiger partial charge on any atom is 0.119 e. The van der Waals surface area contributed by atoms with Gasteiger partial charge in [0.15, 0.2) is 0 Å². The third-order valence-corrected chi connectivity index (χ3v) is 4.26. The number of hydrogen-bond donors (Lipinski definition) is 1. The van der Waals surface area contributed by atoms with Crippen molar-refractivity contribution in [2.45, 2.75) is 38.5 Å². The Kier molecular flexibility index (Phi) is 2.27. The van der Waals surface area contributed by atoms with Crippen molar-refractivity contribution in [3.63, 3.8) is 0 Å². The first-order valence-electron chi connectivity index (χ1n) is 6.24. The van der Waals surface area contributed by atoms with Gasteiger partial charge in [-0.25, -0.2) is 0 Å². The Morgan fingerprint density at radius 1 is 1.19 bits per heavy atom. The van der Waals surface area contributed by atoms with Crippen LogP contribution < -0.4 is 0 Å². The number of phenolic OH excluding ortho intramolecular Hbond substituents is 1. The zero-order chi connectivity index (χ0) is 11.1. The van der Waals surface area contributed by atoms with E-state index in [0.29, 0.717) is 11.7 Å². The first-order chi connectivity index (χ1) is 7.75. The molecule has 3 rings (SSSR count). The fraction of sp³-hybridized carbons (Fsp3) is 0.467. The summed E-state index contributed by atoms with van der Waals surface area (Å²) >= 11 is 0. The molecule has 1 aromatic carbocycles. The topological polar surface area (TPSA) is 20.2 Å². The lowest BCUT2D eigenvalue weighted by atomic mass is 9.90. The minimum Gasteiger partial charge on any atom is -0.508 e. The van der Waals surface area contributed by atoms with Gasteiger partial charge in [-0.3, -0.25) is 0 Å². The van der Waals surface area contributed by atoms with Crippen LogP contribution in [0.15, 0.2) is 35.4 Å². The molecule has 1 heteroatoms. The Balaban J connectivity index is 1.85. The second kappa shape index (κ2) is 3.65. The van der Waals surface area contributed by atoms with Crippen LogP contribution in [-0.4, -0.2) is 5.11 Å². The van der Waals surface area contributed by atoms with Crippen LogP contribution in [0.2, 0.25) is 0 Å². The van der Waals surface area contributed by atoms with Gasteiger partial charge in [-0.05, 0) is 49.1 Å². The zero-order valence-corrected chi connectivity index (χ0v) is 9.74. The zero-order valence-electron chi connectivity index (χ0n) is 9.74. The van der Waals surface area contributed by atoms with Crippen molar-refractivity contribution in [2.24, 2.45) is 5.92 Å². The highest BCUT2D eigenvalue weighted by Gasteiger charge is 2.32. The lowest BCUT2D eigenvalue weighted by molar-refractivity contribution is 0.459. The summed E-state index contributed by atoms with van der Waals surface area (Å²) in [5.41, 5.74) is 4.51. The Labute approximate surface area is 96.8 Å². The predicted molar refractivity (Wildman–Crippen MR) is 65.5 cm³/mol. The summed E-state index contributed by atoms with van der Waals surface area (Å²) in [6.45, 7) is 2.34. The van der Waals surface area contributed by atoms with Crippen LogP contribution >= 0.6 is 0 Å².